The monoisotopic (exact) mass is 433 g/mol. The molecule has 170 valence electrons. The Labute approximate surface area is 193 Å². The van der Waals surface area contributed by atoms with E-state index in [1.807, 2.05) is 36.4 Å². The Balaban J connectivity index is 2.00. The molecule has 0 saturated carbocycles. The van der Waals surface area contributed by atoms with E-state index in [2.05, 4.69) is 83.0 Å². The fourth-order valence-electron chi connectivity index (χ4n) is 4.39. The molecular formula is C26H36BN3O2. The quantitative estimate of drug-likeness (QED) is 0.618. The van der Waals surface area contributed by atoms with Crippen molar-refractivity contribution in [2.45, 2.75) is 83.5 Å². The van der Waals surface area contributed by atoms with Crippen LogP contribution in [0.1, 0.15) is 59.1 Å². The molecule has 0 radical (unpaired) electrons. The van der Waals surface area contributed by atoms with E-state index in [-0.39, 0.29) is 11.6 Å². The Morgan fingerprint density at radius 2 is 1.53 bits per heavy atom. The van der Waals surface area contributed by atoms with Gasteiger partial charge in [-0.15, -0.1) is 5.10 Å². The molecule has 1 aliphatic rings. The molecule has 3 rings (SSSR count). The summed E-state index contributed by atoms with van der Waals surface area (Å²) >= 11 is 0. The van der Waals surface area contributed by atoms with Crippen LogP contribution in [0.25, 0.3) is 0 Å². The van der Waals surface area contributed by atoms with Gasteiger partial charge in [-0.05, 0) is 71.2 Å². The normalized spacial score (nSPS) is 25.2. The molecule has 0 saturated heterocycles. The molecule has 2 aromatic carbocycles. The molecule has 5 nitrogen and oxygen atoms in total. The van der Waals surface area contributed by atoms with Gasteiger partial charge in [0.25, 0.3) is 0 Å². The summed E-state index contributed by atoms with van der Waals surface area (Å²) in [5, 5.41) is 4.24. The molecular weight excluding hydrogens is 397 g/mol. The van der Waals surface area contributed by atoms with E-state index in [4.69, 9.17) is 9.47 Å². The smallest absolute Gasteiger partial charge is 0.158 e. The Morgan fingerprint density at radius 3 is 2.22 bits per heavy atom. The molecule has 1 N–H and O–H groups in total. The van der Waals surface area contributed by atoms with Crippen LogP contribution in [0.3, 0.4) is 0 Å². The van der Waals surface area contributed by atoms with Gasteiger partial charge in [0.05, 0.1) is 11.0 Å². The summed E-state index contributed by atoms with van der Waals surface area (Å²) in [6, 6.07) is 19.4. The van der Waals surface area contributed by atoms with Crippen LogP contribution in [-0.2, 0) is 12.8 Å². The van der Waals surface area contributed by atoms with Crippen LogP contribution in [0.5, 0.6) is 11.5 Å². The van der Waals surface area contributed by atoms with Crippen LogP contribution in [-0.4, -0.2) is 36.5 Å². The van der Waals surface area contributed by atoms with Gasteiger partial charge in [-0.2, -0.15) is 0 Å². The fraction of sp³-hybridized carbons (Fsp3) is 0.500. The van der Waals surface area contributed by atoms with Gasteiger partial charge in [-0.3, -0.25) is 5.43 Å². The summed E-state index contributed by atoms with van der Waals surface area (Å²) in [5.74, 6) is 1.77. The zero-order valence-corrected chi connectivity index (χ0v) is 20.5. The predicted octanol–water partition coefficient (Wildman–Crippen LogP) is 4.61. The predicted molar refractivity (Wildman–Crippen MR) is 134 cm³/mol. The van der Waals surface area contributed by atoms with E-state index < -0.39 is 11.1 Å². The Kier molecular flexibility index (Phi) is 7.05. The zero-order valence-electron chi connectivity index (χ0n) is 20.5. The lowest BCUT2D eigenvalue weighted by Gasteiger charge is -2.37. The third kappa shape index (κ3) is 6.90. The van der Waals surface area contributed by atoms with Crippen LogP contribution in [0.15, 0.2) is 58.6 Å². The number of hydrogen-bond acceptors (Lipinski definition) is 5. The van der Waals surface area contributed by atoms with Gasteiger partial charge in [0.15, 0.2) is 7.85 Å². The number of para-hydroxylation sites is 2. The number of rotatable bonds is 0. The number of fused-ring (bicyclic) bond motifs is 2. The summed E-state index contributed by atoms with van der Waals surface area (Å²) in [6.07, 6.45) is 2.23. The average Bonchev–Trinajstić information content (AvgIpc) is 2.66. The van der Waals surface area contributed by atoms with Crippen molar-refractivity contribution < 1.29 is 9.47 Å². The molecule has 6 heteroatoms. The van der Waals surface area contributed by atoms with Crippen molar-refractivity contribution in [1.82, 2.24) is 5.43 Å². The number of hydrazone groups is 1. The molecule has 0 aromatic heterocycles. The second-order valence-electron chi connectivity index (χ2n) is 10.7. The van der Waals surface area contributed by atoms with Crippen LogP contribution in [0.2, 0.25) is 0 Å². The first-order chi connectivity index (χ1) is 14.9. The molecule has 0 spiro atoms. The van der Waals surface area contributed by atoms with Gasteiger partial charge in [0, 0.05) is 18.9 Å². The van der Waals surface area contributed by atoms with E-state index in [1.54, 1.807) is 0 Å². The first-order valence-corrected chi connectivity index (χ1v) is 11.4. The second kappa shape index (κ2) is 9.42. The van der Waals surface area contributed by atoms with Crippen molar-refractivity contribution in [3.63, 3.8) is 0 Å². The average molecular weight is 433 g/mol. The largest absolute Gasteiger partial charge is 0.496 e. The lowest BCUT2D eigenvalue weighted by Crippen LogP contribution is -2.44. The highest BCUT2D eigenvalue weighted by Crippen LogP contribution is 2.33. The first kappa shape index (κ1) is 23.9. The van der Waals surface area contributed by atoms with Crippen LogP contribution in [0.4, 0.5) is 0 Å². The maximum Gasteiger partial charge on any atom is 0.158 e. The lowest BCUT2D eigenvalue weighted by atomic mass is 9.75. The zero-order chi connectivity index (χ0) is 23.4. The summed E-state index contributed by atoms with van der Waals surface area (Å²) in [4.78, 5) is 4.58. The molecule has 1 aliphatic heterocycles. The highest BCUT2D eigenvalue weighted by molar-refractivity contribution is 6.14. The molecule has 2 unspecified atom stereocenters. The molecule has 1 heterocycles. The summed E-state index contributed by atoms with van der Waals surface area (Å²) in [6.45, 7) is 12.6. The maximum atomic E-state index is 6.57. The van der Waals surface area contributed by atoms with E-state index in [0.717, 1.165) is 41.9 Å². The third-order valence-electron chi connectivity index (χ3n) is 5.41. The van der Waals surface area contributed by atoms with E-state index >= 15 is 0 Å². The molecule has 0 bridgehead atoms. The number of benzene rings is 2. The van der Waals surface area contributed by atoms with Crippen LogP contribution < -0.4 is 14.9 Å². The summed E-state index contributed by atoms with van der Waals surface area (Å²) in [5.41, 5.74) is 4.20. The standard InChI is InChI=1S/C26H36BN3O2/c1-19-15-20-11-7-9-13-22(20)31-25(4,5)17-26(6,27)32-23-14-10-8-12-21(23)16-24(2,3)28-18-29-30-19/h7-14,19,30H,15-17,27H2,1-6H3. The van der Waals surface area contributed by atoms with Crippen molar-refractivity contribution in [2.24, 2.45) is 10.1 Å². The lowest BCUT2D eigenvalue weighted by molar-refractivity contribution is 0.0356. The van der Waals surface area contributed by atoms with Crippen LogP contribution >= 0.6 is 0 Å². The molecule has 2 aromatic rings. The van der Waals surface area contributed by atoms with Gasteiger partial charge in [-0.1, -0.05) is 36.4 Å². The minimum atomic E-state index is -0.424. The van der Waals surface area contributed by atoms with E-state index in [1.165, 1.54) is 0 Å². The highest BCUT2D eigenvalue weighted by atomic mass is 16.5. The summed E-state index contributed by atoms with van der Waals surface area (Å²) < 4.78 is 13.1. The minimum absolute atomic E-state index is 0.116. The van der Waals surface area contributed by atoms with Gasteiger partial charge >= 0.3 is 0 Å². The fourth-order valence-corrected chi connectivity index (χ4v) is 4.39. The number of ether oxygens (including phenoxy) is 2. The van der Waals surface area contributed by atoms with Crippen molar-refractivity contribution in [3.05, 3.63) is 59.7 Å². The Morgan fingerprint density at radius 1 is 0.938 bits per heavy atom. The molecule has 0 amide bonds. The minimum Gasteiger partial charge on any atom is -0.496 e. The van der Waals surface area contributed by atoms with Gasteiger partial charge in [0.1, 0.15) is 23.1 Å². The second-order valence-corrected chi connectivity index (χ2v) is 10.7. The molecule has 32 heavy (non-hydrogen) atoms. The highest BCUT2D eigenvalue weighted by Gasteiger charge is 2.33. The van der Waals surface area contributed by atoms with Crippen LogP contribution in [0, 0.1) is 0 Å². The Bertz CT molecular complexity index is 994. The van der Waals surface area contributed by atoms with Gasteiger partial charge in [-0.25, -0.2) is 4.99 Å². The number of aliphatic imine (C=N–C) groups is 1. The van der Waals surface area contributed by atoms with Gasteiger partial charge < -0.3 is 9.47 Å². The van der Waals surface area contributed by atoms with Crippen molar-refractivity contribution in [3.8, 4) is 11.5 Å². The number of hydrogen-bond donors (Lipinski definition) is 1. The van der Waals surface area contributed by atoms with Crippen molar-refractivity contribution >= 4 is 13.9 Å². The number of nitrogens with zero attached hydrogens (tertiary/aromatic N) is 2. The first-order valence-electron chi connectivity index (χ1n) is 11.4. The van der Waals surface area contributed by atoms with E-state index in [0.29, 0.717) is 0 Å². The third-order valence-corrected chi connectivity index (χ3v) is 5.41. The van der Waals surface area contributed by atoms with Gasteiger partial charge in [0.2, 0.25) is 0 Å². The Hall–Kier alpha value is -2.72. The summed E-state index contributed by atoms with van der Waals surface area (Å²) in [7, 11) is 2.12. The SMILES string of the molecule is BC1(C)CC(C)(C)Oc2ccccc2CC(C)NN=C=NC(C)(C)Cc2ccccc2O1. The van der Waals surface area contributed by atoms with E-state index in [9.17, 15) is 0 Å². The van der Waals surface area contributed by atoms with Crippen molar-refractivity contribution in [1.29, 1.82) is 0 Å². The molecule has 2 atom stereocenters. The maximum absolute atomic E-state index is 6.57. The molecule has 0 aliphatic carbocycles. The number of nitrogens with one attached hydrogen (secondary N) is 1. The molecule has 0 fully saturated rings. The van der Waals surface area contributed by atoms with Crippen molar-refractivity contribution in [2.75, 3.05) is 0 Å². The topological polar surface area (TPSA) is 55.2 Å².